The highest BCUT2D eigenvalue weighted by Crippen LogP contribution is 1.97. The number of nitrogens with one attached hydrogen (secondary N) is 1. The van der Waals surface area contributed by atoms with E-state index in [1.807, 2.05) is 0 Å². The molecule has 0 aliphatic heterocycles. The van der Waals surface area contributed by atoms with Gasteiger partial charge in [0.1, 0.15) is 5.84 Å². The predicted octanol–water partition coefficient (Wildman–Crippen LogP) is 1.22. The molecular formula is C7H13F2N3O. The average Bonchev–Trinajstić information content (AvgIpc) is 2.00. The van der Waals surface area contributed by atoms with Crippen molar-refractivity contribution in [3.8, 4) is 0 Å². The summed E-state index contributed by atoms with van der Waals surface area (Å²) in [5, 5.41) is 7.22. The van der Waals surface area contributed by atoms with Crippen LogP contribution < -0.4 is 5.73 Å². The topological polar surface area (TPSA) is 71.5 Å². The summed E-state index contributed by atoms with van der Waals surface area (Å²) in [4.78, 5) is 3.47. The molecule has 0 amide bonds. The monoisotopic (exact) mass is 193 g/mol. The lowest BCUT2D eigenvalue weighted by Gasteiger charge is -2.05. The molecule has 76 valence electrons. The molecule has 0 aromatic carbocycles. The maximum absolute atomic E-state index is 11.6. The van der Waals surface area contributed by atoms with E-state index < -0.39 is 13.0 Å². The summed E-state index contributed by atoms with van der Waals surface area (Å²) >= 11 is 0. The summed E-state index contributed by atoms with van der Waals surface area (Å²) in [5.41, 5.74) is 5.11. The van der Waals surface area contributed by atoms with E-state index in [-0.39, 0.29) is 17.8 Å². The molecule has 0 aromatic heterocycles. The molecule has 0 saturated carbocycles. The van der Waals surface area contributed by atoms with Crippen LogP contribution in [0.3, 0.4) is 0 Å². The van der Waals surface area contributed by atoms with Crippen LogP contribution in [-0.4, -0.2) is 24.9 Å². The van der Waals surface area contributed by atoms with Crippen molar-refractivity contribution in [3.63, 3.8) is 0 Å². The van der Waals surface area contributed by atoms with Gasteiger partial charge in [-0.25, -0.2) is 8.78 Å². The van der Waals surface area contributed by atoms with Gasteiger partial charge in [0.05, 0.1) is 0 Å². The molecule has 6 heteroatoms. The molecule has 0 saturated heterocycles. The van der Waals surface area contributed by atoms with E-state index in [0.717, 1.165) is 0 Å². The number of amidine groups is 2. The number of alkyl halides is 2. The zero-order valence-corrected chi connectivity index (χ0v) is 7.55. The predicted molar refractivity (Wildman–Crippen MR) is 46.1 cm³/mol. The van der Waals surface area contributed by atoms with E-state index in [2.05, 4.69) is 9.73 Å². The quantitative estimate of drug-likeness (QED) is 0.522. The third kappa shape index (κ3) is 6.01. The Bertz CT molecular complexity index is 204. The Morgan fingerprint density at radius 2 is 2.08 bits per heavy atom. The van der Waals surface area contributed by atoms with Crippen molar-refractivity contribution in [1.29, 1.82) is 5.41 Å². The number of aliphatic imine (C=N–C) groups is 1. The fourth-order valence-electron chi connectivity index (χ4n) is 0.428. The minimum atomic E-state index is -2.58. The summed E-state index contributed by atoms with van der Waals surface area (Å²) in [6, 6.07) is -0.390. The minimum absolute atomic E-state index is 0.00627. The SMILES string of the molecule is CC(C)C(=N)N=C(N)OCC(F)F. The molecule has 0 bridgehead atoms. The highest BCUT2D eigenvalue weighted by molar-refractivity contribution is 5.92. The first kappa shape index (κ1) is 11.8. The Hall–Kier alpha value is -1.20. The van der Waals surface area contributed by atoms with Crippen molar-refractivity contribution in [2.45, 2.75) is 20.3 Å². The number of ether oxygens (including phenoxy) is 1. The second-order valence-electron chi connectivity index (χ2n) is 2.69. The summed E-state index contributed by atoms with van der Waals surface area (Å²) in [6.07, 6.45) is -2.58. The smallest absolute Gasteiger partial charge is 0.288 e. The Balaban J connectivity index is 3.95. The van der Waals surface area contributed by atoms with E-state index in [9.17, 15) is 8.78 Å². The number of halogens is 2. The van der Waals surface area contributed by atoms with E-state index >= 15 is 0 Å². The zero-order chi connectivity index (χ0) is 10.4. The Kier molecular flexibility index (Phi) is 4.94. The standard InChI is InChI=1S/C7H13F2N3O/c1-4(2)6(10)12-7(11)13-3-5(8)9/h4-5H,3H2,1-2H3,(H3,10,11,12). The Morgan fingerprint density at radius 3 is 2.46 bits per heavy atom. The van der Waals surface area contributed by atoms with Crippen molar-refractivity contribution in [2.24, 2.45) is 16.6 Å². The normalized spacial score (nSPS) is 12.3. The third-order valence-electron chi connectivity index (χ3n) is 1.13. The number of rotatable bonds is 3. The van der Waals surface area contributed by atoms with Gasteiger partial charge in [-0.1, -0.05) is 13.8 Å². The van der Waals surface area contributed by atoms with Crippen LogP contribution in [0.1, 0.15) is 13.8 Å². The van der Waals surface area contributed by atoms with Gasteiger partial charge in [0.15, 0.2) is 6.61 Å². The average molecular weight is 193 g/mol. The van der Waals surface area contributed by atoms with Crippen LogP contribution >= 0.6 is 0 Å². The molecule has 0 radical (unpaired) electrons. The number of nitrogens with two attached hydrogens (primary N) is 1. The molecule has 3 N–H and O–H groups in total. The summed E-state index contributed by atoms with van der Waals surface area (Å²) < 4.78 is 27.6. The number of hydrogen-bond donors (Lipinski definition) is 2. The van der Waals surface area contributed by atoms with Crippen LogP contribution in [0.4, 0.5) is 8.78 Å². The van der Waals surface area contributed by atoms with E-state index in [1.54, 1.807) is 13.8 Å². The minimum Gasteiger partial charge on any atom is -0.459 e. The van der Waals surface area contributed by atoms with Gasteiger partial charge in [-0.3, -0.25) is 5.41 Å². The molecule has 0 aromatic rings. The van der Waals surface area contributed by atoms with Crippen molar-refractivity contribution < 1.29 is 13.5 Å². The van der Waals surface area contributed by atoms with Crippen LogP contribution in [0.2, 0.25) is 0 Å². The molecule has 13 heavy (non-hydrogen) atoms. The molecule has 0 unspecified atom stereocenters. The number of hydrogen-bond acceptors (Lipinski definition) is 2. The lowest BCUT2D eigenvalue weighted by Crippen LogP contribution is -2.22. The van der Waals surface area contributed by atoms with Crippen LogP contribution in [0.25, 0.3) is 0 Å². The second kappa shape index (κ2) is 5.45. The maximum Gasteiger partial charge on any atom is 0.288 e. The first-order valence-corrected chi connectivity index (χ1v) is 3.77. The molecule has 0 fully saturated rings. The Morgan fingerprint density at radius 1 is 1.54 bits per heavy atom. The molecule has 4 nitrogen and oxygen atoms in total. The van der Waals surface area contributed by atoms with Gasteiger partial charge < -0.3 is 10.5 Å². The third-order valence-corrected chi connectivity index (χ3v) is 1.13. The first-order valence-electron chi connectivity index (χ1n) is 3.77. The van der Waals surface area contributed by atoms with Crippen molar-refractivity contribution in [3.05, 3.63) is 0 Å². The molecule has 0 rings (SSSR count). The van der Waals surface area contributed by atoms with E-state index in [0.29, 0.717) is 0 Å². The fourth-order valence-corrected chi connectivity index (χ4v) is 0.428. The van der Waals surface area contributed by atoms with E-state index in [4.69, 9.17) is 11.1 Å². The largest absolute Gasteiger partial charge is 0.459 e. The summed E-state index contributed by atoms with van der Waals surface area (Å²) in [7, 11) is 0. The molecule has 0 spiro atoms. The maximum atomic E-state index is 11.6. The highest BCUT2D eigenvalue weighted by Gasteiger charge is 2.06. The van der Waals surface area contributed by atoms with Crippen LogP contribution in [0, 0.1) is 11.3 Å². The van der Waals surface area contributed by atoms with Gasteiger partial charge >= 0.3 is 0 Å². The lowest BCUT2D eigenvalue weighted by atomic mass is 10.2. The van der Waals surface area contributed by atoms with Crippen molar-refractivity contribution in [2.75, 3.05) is 6.61 Å². The first-order chi connectivity index (χ1) is 5.93. The molecule has 0 atom stereocenters. The van der Waals surface area contributed by atoms with E-state index in [1.165, 1.54) is 0 Å². The van der Waals surface area contributed by atoms with Gasteiger partial charge in [-0.05, 0) is 0 Å². The van der Waals surface area contributed by atoms with Crippen LogP contribution in [-0.2, 0) is 4.74 Å². The van der Waals surface area contributed by atoms with Gasteiger partial charge in [-0.2, -0.15) is 4.99 Å². The van der Waals surface area contributed by atoms with Crippen molar-refractivity contribution in [1.82, 2.24) is 0 Å². The Labute approximate surface area is 75.3 Å². The molecule has 0 aliphatic carbocycles. The number of nitrogens with zero attached hydrogens (tertiary/aromatic N) is 1. The van der Waals surface area contributed by atoms with Crippen LogP contribution in [0.5, 0.6) is 0 Å². The van der Waals surface area contributed by atoms with Gasteiger partial charge in [0, 0.05) is 5.92 Å². The molecule has 0 aliphatic rings. The summed E-state index contributed by atoms with van der Waals surface area (Å²) in [5.74, 6) is -0.0968. The van der Waals surface area contributed by atoms with Crippen molar-refractivity contribution >= 4 is 11.9 Å². The zero-order valence-electron chi connectivity index (χ0n) is 7.55. The lowest BCUT2D eigenvalue weighted by molar-refractivity contribution is 0.0754. The fraction of sp³-hybridized carbons (Fsp3) is 0.714. The second-order valence-corrected chi connectivity index (χ2v) is 2.69. The molecule has 0 heterocycles. The molecular weight excluding hydrogens is 180 g/mol. The van der Waals surface area contributed by atoms with Crippen LogP contribution in [0.15, 0.2) is 4.99 Å². The van der Waals surface area contributed by atoms with Gasteiger partial charge in [-0.15, -0.1) is 0 Å². The van der Waals surface area contributed by atoms with Gasteiger partial charge in [0.25, 0.3) is 12.4 Å². The summed E-state index contributed by atoms with van der Waals surface area (Å²) in [6.45, 7) is 2.69. The van der Waals surface area contributed by atoms with Gasteiger partial charge in [0.2, 0.25) is 0 Å². The highest BCUT2D eigenvalue weighted by atomic mass is 19.3.